The van der Waals surface area contributed by atoms with Crippen LogP contribution in [0.5, 0.6) is 0 Å². The number of rotatable bonds is 14. The van der Waals surface area contributed by atoms with Gasteiger partial charge in [-0.15, -0.1) is 0 Å². The number of ether oxygens (including phenoxy) is 1. The molecule has 1 heteroatoms. The standard InChI is InChI=1S/C19H38O/c1-4-5-6-7-8-9-10-11-15-18-19(20-18)16-13-12-14-17(2)3/h17-19H,4-16H2,1-3H3/t18-,19+/m0/s1. The van der Waals surface area contributed by atoms with E-state index in [-0.39, 0.29) is 0 Å². The van der Waals surface area contributed by atoms with Crippen LogP contribution in [0.25, 0.3) is 0 Å². The third kappa shape index (κ3) is 9.80. The molecule has 2 atom stereocenters. The normalized spacial score (nSPS) is 21.6. The minimum absolute atomic E-state index is 0.631. The third-order valence-corrected chi connectivity index (χ3v) is 4.55. The Morgan fingerprint density at radius 3 is 1.75 bits per heavy atom. The average molecular weight is 283 g/mol. The van der Waals surface area contributed by atoms with Crippen LogP contribution < -0.4 is 0 Å². The SMILES string of the molecule is CCCCCCCCCC[C@@H]1O[C@@H]1CCCCC(C)C. The Hall–Kier alpha value is -0.0400. The van der Waals surface area contributed by atoms with E-state index in [0.717, 1.165) is 5.92 Å². The van der Waals surface area contributed by atoms with E-state index in [4.69, 9.17) is 4.74 Å². The zero-order valence-electron chi connectivity index (χ0n) is 14.3. The van der Waals surface area contributed by atoms with Crippen LogP contribution >= 0.6 is 0 Å². The van der Waals surface area contributed by atoms with E-state index in [9.17, 15) is 0 Å². The lowest BCUT2D eigenvalue weighted by Gasteiger charge is -2.02. The monoisotopic (exact) mass is 282 g/mol. The van der Waals surface area contributed by atoms with Gasteiger partial charge in [-0.1, -0.05) is 91.4 Å². The first-order chi connectivity index (χ1) is 9.74. The summed E-state index contributed by atoms with van der Waals surface area (Å²) in [5.41, 5.74) is 0. The van der Waals surface area contributed by atoms with Crippen molar-refractivity contribution in [3.63, 3.8) is 0 Å². The van der Waals surface area contributed by atoms with E-state index in [1.807, 2.05) is 0 Å². The van der Waals surface area contributed by atoms with Crippen molar-refractivity contribution in [2.45, 2.75) is 116 Å². The van der Waals surface area contributed by atoms with Gasteiger partial charge in [0.15, 0.2) is 0 Å². The molecule has 0 amide bonds. The molecule has 0 aromatic carbocycles. The van der Waals surface area contributed by atoms with Crippen LogP contribution in [0.3, 0.4) is 0 Å². The van der Waals surface area contributed by atoms with Crippen molar-refractivity contribution in [1.82, 2.24) is 0 Å². The molecule has 0 aromatic heterocycles. The molecule has 20 heavy (non-hydrogen) atoms. The fourth-order valence-electron chi connectivity index (χ4n) is 3.06. The molecule has 1 saturated heterocycles. The molecule has 1 rings (SSSR count). The molecule has 1 aliphatic rings. The minimum Gasteiger partial charge on any atom is -0.370 e. The molecule has 0 unspecified atom stereocenters. The van der Waals surface area contributed by atoms with Crippen LogP contribution in [0.4, 0.5) is 0 Å². The van der Waals surface area contributed by atoms with Gasteiger partial charge >= 0.3 is 0 Å². The molecule has 0 aliphatic carbocycles. The van der Waals surface area contributed by atoms with E-state index in [1.54, 1.807) is 0 Å². The van der Waals surface area contributed by atoms with Crippen LogP contribution in [-0.2, 0) is 4.74 Å². The molecular formula is C19H38O. The smallest absolute Gasteiger partial charge is 0.0841 e. The molecule has 0 spiro atoms. The summed E-state index contributed by atoms with van der Waals surface area (Å²) in [5.74, 6) is 0.864. The molecule has 1 heterocycles. The maximum atomic E-state index is 5.78. The van der Waals surface area contributed by atoms with Gasteiger partial charge in [-0.2, -0.15) is 0 Å². The van der Waals surface area contributed by atoms with Gasteiger partial charge in [0.2, 0.25) is 0 Å². The molecule has 120 valence electrons. The average Bonchev–Trinajstić information content (AvgIpc) is 3.16. The lowest BCUT2D eigenvalue weighted by atomic mass is 10.0. The molecule has 0 saturated carbocycles. The van der Waals surface area contributed by atoms with Crippen LogP contribution in [0.1, 0.15) is 104 Å². The number of hydrogen-bond donors (Lipinski definition) is 0. The summed E-state index contributed by atoms with van der Waals surface area (Å²) in [6.07, 6.45) is 19.4. The first-order valence-electron chi connectivity index (χ1n) is 9.39. The highest BCUT2D eigenvalue weighted by molar-refractivity contribution is 4.84. The Bertz CT molecular complexity index is 212. The fourth-order valence-corrected chi connectivity index (χ4v) is 3.06. The van der Waals surface area contributed by atoms with Crippen molar-refractivity contribution in [2.24, 2.45) is 5.92 Å². The zero-order chi connectivity index (χ0) is 14.6. The topological polar surface area (TPSA) is 12.5 Å². The largest absolute Gasteiger partial charge is 0.370 e. The second-order valence-electron chi connectivity index (χ2n) is 7.15. The van der Waals surface area contributed by atoms with Gasteiger partial charge < -0.3 is 4.74 Å². The van der Waals surface area contributed by atoms with E-state index >= 15 is 0 Å². The zero-order valence-corrected chi connectivity index (χ0v) is 14.3. The predicted octanol–water partition coefficient (Wildman–Crippen LogP) is 6.50. The van der Waals surface area contributed by atoms with Crippen molar-refractivity contribution >= 4 is 0 Å². The Morgan fingerprint density at radius 2 is 1.20 bits per heavy atom. The van der Waals surface area contributed by atoms with Crippen LogP contribution in [-0.4, -0.2) is 12.2 Å². The summed E-state index contributed by atoms with van der Waals surface area (Å²) < 4.78 is 5.78. The van der Waals surface area contributed by atoms with E-state index in [1.165, 1.54) is 83.5 Å². The summed E-state index contributed by atoms with van der Waals surface area (Å²) in [7, 11) is 0. The van der Waals surface area contributed by atoms with E-state index in [0.29, 0.717) is 12.2 Å². The van der Waals surface area contributed by atoms with Crippen molar-refractivity contribution < 1.29 is 4.74 Å². The number of hydrogen-bond acceptors (Lipinski definition) is 1. The Labute approximate surface area is 127 Å². The number of epoxide rings is 1. The highest BCUT2D eigenvalue weighted by Gasteiger charge is 2.36. The molecule has 0 bridgehead atoms. The van der Waals surface area contributed by atoms with Crippen LogP contribution in [0, 0.1) is 5.92 Å². The lowest BCUT2D eigenvalue weighted by molar-refractivity contribution is 0.346. The molecule has 1 aliphatic heterocycles. The van der Waals surface area contributed by atoms with Crippen molar-refractivity contribution in [2.75, 3.05) is 0 Å². The minimum atomic E-state index is 0.631. The summed E-state index contributed by atoms with van der Waals surface area (Å²) in [6.45, 7) is 6.92. The van der Waals surface area contributed by atoms with Crippen molar-refractivity contribution in [1.29, 1.82) is 0 Å². The Morgan fingerprint density at radius 1 is 0.700 bits per heavy atom. The van der Waals surface area contributed by atoms with Crippen LogP contribution in [0.15, 0.2) is 0 Å². The van der Waals surface area contributed by atoms with E-state index < -0.39 is 0 Å². The molecular weight excluding hydrogens is 244 g/mol. The van der Waals surface area contributed by atoms with Gasteiger partial charge in [-0.25, -0.2) is 0 Å². The Kier molecular flexibility index (Phi) is 10.4. The van der Waals surface area contributed by atoms with Gasteiger partial charge in [0.05, 0.1) is 12.2 Å². The molecule has 0 aromatic rings. The van der Waals surface area contributed by atoms with Gasteiger partial charge in [0, 0.05) is 0 Å². The maximum Gasteiger partial charge on any atom is 0.0841 e. The second kappa shape index (κ2) is 11.6. The molecule has 1 nitrogen and oxygen atoms in total. The molecule has 1 fully saturated rings. The second-order valence-corrected chi connectivity index (χ2v) is 7.15. The lowest BCUT2D eigenvalue weighted by Crippen LogP contribution is -1.95. The van der Waals surface area contributed by atoms with Gasteiger partial charge in [0.25, 0.3) is 0 Å². The quantitative estimate of drug-likeness (QED) is 0.261. The fraction of sp³-hybridized carbons (Fsp3) is 1.00. The highest BCUT2D eigenvalue weighted by Crippen LogP contribution is 2.31. The van der Waals surface area contributed by atoms with Crippen molar-refractivity contribution in [3.05, 3.63) is 0 Å². The summed E-state index contributed by atoms with van der Waals surface area (Å²) in [5, 5.41) is 0. The predicted molar refractivity (Wildman–Crippen MR) is 89.2 cm³/mol. The first-order valence-corrected chi connectivity index (χ1v) is 9.39. The highest BCUT2D eigenvalue weighted by atomic mass is 16.6. The van der Waals surface area contributed by atoms with Gasteiger partial charge in [0.1, 0.15) is 0 Å². The maximum absolute atomic E-state index is 5.78. The first kappa shape index (κ1) is 18.0. The van der Waals surface area contributed by atoms with E-state index in [2.05, 4.69) is 20.8 Å². The third-order valence-electron chi connectivity index (χ3n) is 4.55. The molecule has 0 radical (unpaired) electrons. The van der Waals surface area contributed by atoms with Gasteiger partial charge in [-0.3, -0.25) is 0 Å². The Balaban J connectivity index is 1.76. The van der Waals surface area contributed by atoms with Gasteiger partial charge in [-0.05, 0) is 18.8 Å². The summed E-state index contributed by atoms with van der Waals surface area (Å²) in [4.78, 5) is 0. The van der Waals surface area contributed by atoms with Crippen LogP contribution in [0.2, 0.25) is 0 Å². The molecule has 0 N–H and O–H groups in total. The summed E-state index contributed by atoms with van der Waals surface area (Å²) in [6, 6.07) is 0. The van der Waals surface area contributed by atoms with Crippen molar-refractivity contribution in [3.8, 4) is 0 Å². The summed E-state index contributed by atoms with van der Waals surface area (Å²) >= 11 is 0. The number of unbranched alkanes of at least 4 members (excludes halogenated alkanes) is 8.